The van der Waals surface area contributed by atoms with Crippen LogP contribution in [0.1, 0.15) is 32.4 Å². The van der Waals surface area contributed by atoms with E-state index in [4.69, 9.17) is 11.6 Å². The number of aromatic nitrogens is 2. The topological polar surface area (TPSA) is 29.0 Å². The molecule has 0 N–H and O–H groups in total. The number of halogens is 1. The van der Waals surface area contributed by atoms with E-state index in [0.29, 0.717) is 17.1 Å². The summed E-state index contributed by atoms with van der Waals surface area (Å²) in [6.45, 7) is 6.96. The van der Waals surface area contributed by atoms with Crippen LogP contribution < -0.4 is 0 Å². The lowest BCUT2D eigenvalue weighted by atomic mass is 9.92. The highest BCUT2D eigenvalue weighted by Crippen LogP contribution is 2.21. The van der Waals surface area contributed by atoms with Crippen LogP contribution in [0, 0.1) is 5.92 Å². The van der Waals surface area contributed by atoms with Gasteiger partial charge in [-0.05, 0) is 57.7 Å². The predicted octanol–water partition coefficient (Wildman–Crippen LogP) is 2.79. The summed E-state index contributed by atoms with van der Waals surface area (Å²) in [7, 11) is 0. The van der Waals surface area contributed by atoms with E-state index < -0.39 is 0 Å². The zero-order chi connectivity index (χ0) is 12.3. The molecule has 1 aliphatic heterocycles. The van der Waals surface area contributed by atoms with Gasteiger partial charge in [-0.25, -0.2) is 0 Å². The summed E-state index contributed by atoms with van der Waals surface area (Å²) in [5.41, 5.74) is 1.06. The molecule has 0 amide bonds. The van der Waals surface area contributed by atoms with Crippen molar-refractivity contribution in [1.82, 2.24) is 15.1 Å². The van der Waals surface area contributed by atoms with E-state index in [1.807, 2.05) is 12.1 Å². The lowest BCUT2D eigenvalue weighted by Crippen LogP contribution is -2.40. The Morgan fingerprint density at radius 2 is 2.24 bits per heavy atom. The molecule has 4 heteroatoms. The van der Waals surface area contributed by atoms with Gasteiger partial charge in [0.05, 0.1) is 5.69 Å². The molecule has 1 atom stereocenters. The summed E-state index contributed by atoms with van der Waals surface area (Å²) in [5, 5.41) is 8.52. The van der Waals surface area contributed by atoms with Crippen molar-refractivity contribution in [2.24, 2.45) is 5.92 Å². The molecule has 1 aliphatic rings. The minimum atomic E-state index is 0.473. The third-order valence-electron chi connectivity index (χ3n) is 3.47. The summed E-state index contributed by atoms with van der Waals surface area (Å²) >= 11 is 5.74. The third-order valence-corrected chi connectivity index (χ3v) is 3.67. The van der Waals surface area contributed by atoms with E-state index >= 15 is 0 Å². The van der Waals surface area contributed by atoms with Gasteiger partial charge >= 0.3 is 0 Å². The molecule has 0 aromatic carbocycles. The molecule has 2 rings (SSSR count). The largest absolute Gasteiger partial charge is 0.301 e. The van der Waals surface area contributed by atoms with Crippen LogP contribution in [0.25, 0.3) is 0 Å². The monoisotopic (exact) mass is 253 g/mol. The molecule has 2 heterocycles. The average molecular weight is 254 g/mol. The van der Waals surface area contributed by atoms with Gasteiger partial charge in [0.25, 0.3) is 0 Å². The molecule has 1 aromatic rings. The first-order valence-electron chi connectivity index (χ1n) is 6.37. The SMILES string of the molecule is CC(C)N1CCC[C@H](Cc2ccc(Cl)nn2)C1. The molecule has 1 fully saturated rings. The predicted molar refractivity (Wildman–Crippen MR) is 70.2 cm³/mol. The van der Waals surface area contributed by atoms with Crippen LogP contribution in [-0.4, -0.2) is 34.2 Å². The van der Waals surface area contributed by atoms with Crippen molar-refractivity contribution < 1.29 is 0 Å². The standard InChI is InChI=1S/C13H20ClN3/c1-10(2)17-7-3-4-11(9-17)8-12-5-6-13(14)16-15-12/h5-6,10-11H,3-4,7-9H2,1-2H3/t11-/m1/s1. The van der Waals surface area contributed by atoms with Crippen molar-refractivity contribution in [3.63, 3.8) is 0 Å². The van der Waals surface area contributed by atoms with Crippen molar-refractivity contribution in [3.8, 4) is 0 Å². The lowest BCUT2D eigenvalue weighted by Gasteiger charge is -2.35. The number of piperidine rings is 1. The van der Waals surface area contributed by atoms with Crippen LogP contribution in [0.4, 0.5) is 0 Å². The van der Waals surface area contributed by atoms with Gasteiger partial charge in [0.2, 0.25) is 0 Å². The highest BCUT2D eigenvalue weighted by molar-refractivity contribution is 6.29. The fourth-order valence-electron chi connectivity index (χ4n) is 2.48. The smallest absolute Gasteiger partial charge is 0.151 e. The van der Waals surface area contributed by atoms with Crippen LogP contribution >= 0.6 is 11.6 Å². The first-order chi connectivity index (χ1) is 8.15. The highest BCUT2D eigenvalue weighted by Gasteiger charge is 2.22. The Morgan fingerprint density at radius 3 is 2.88 bits per heavy atom. The quantitative estimate of drug-likeness (QED) is 0.830. The van der Waals surface area contributed by atoms with Gasteiger partial charge in [0.1, 0.15) is 0 Å². The van der Waals surface area contributed by atoms with Gasteiger partial charge in [0.15, 0.2) is 5.15 Å². The summed E-state index contributed by atoms with van der Waals surface area (Å²) in [5.74, 6) is 0.710. The summed E-state index contributed by atoms with van der Waals surface area (Å²) < 4.78 is 0. The molecule has 0 spiro atoms. The molecule has 0 saturated carbocycles. The minimum Gasteiger partial charge on any atom is -0.301 e. The number of hydrogen-bond acceptors (Lipinski definition) is 3. The van der Waals surface area contributed by atoms with Crippen molar-refractivity contribution in [2.75, 3.05) is 13.1 Å². The van der Waals surface area contributed by atoms with E-state index in [9.17, 15) is 0 Å². The van der Waals surface area contributed by atoms with Gasteiger partial charge in [0, 0.05) is 12.6 Å². The Bertz CT molecular complexity index is 350. The maximum Gasteiger partial charge on any atom is 0.151 e. The Hall–Kier alpha value is -0.670. The van der Waals surface area contributed by atoms with Gasteiger partial charge in [-0.1, -0.05) is 11.6 Å². The van der Waals surface area contributed by atoms with E-state index in [1.54, 1.807) is 0 Å². The van der Waals surface area contributed by atoms with Crippen molar-refractivity contribution in [2.45, 2.75) is 39.2 Å². The molecular formula is C13H20ClN3. The van der Waals surface area contributed by atoms with Crippen LogP contribution in [0.15, 0.2) is 12.1 Å². The van der Waals surface area contributed by atoms with Crippen LogP contribution in [0.2, 0.25) is 5.15 Å². The first kappa shape index (κ1) is 12.8. The molecule has 0 unspecified atom stereocenters. The summed E-state index contributed by atoms with van der Waals surface area (Å²) in [6.07, 6.45) is 3.62. The molecule has 0 radical (unpaired) electrons. The lowest BCUT2D eigenvalue weighted by molar-refractivity contribution is 0.139. The fourth-order valence-corrected chi connectivity index (χ4v) is 2.58. The van der Waals surface area contributed by atoms with E-state index in [0.717, 1.165) is 12.1 Å². The Labute approximate surface area is 108 Å². The zero-order valence-electron chi connectivity index (χ0n) is 10.6. The molecule has 3 nitrogen and oxygen atoms in total. The molecule has 0 aliphatic carbocycles. The van der Waals surface area contributed by atoms with E-state index in [2.05, 4.69) is 28.9 Å². The second-order valence-corrected chi connectivity index (χ2v) is 5.54. The second kappa shape index (κ2) is 5.78. The Morgan fingerprint density at radius 1 is 1.41 bits per heavy atom. The third kappa shape index (κ3) is 3.65. The number of hydrogen-bond donors (Lipinski definition) is 0. The van der Waals surface area contributed by atoms with Crippen LogP contribution in [0.3, 0.4) is 0 Å². The minimum absolute atomic E-state index is 0.473. The molecule has 17 heavy (non-hydrogen) atoms. The average Bonchev–Trinajstić information content (AvgIpc) is 2.32. The van der Waals surface area contributed by atoms with Crippen molar-refractivity contribution in [1.29, 1.82) is 0 Å². The van der Waals surface area contributed by atoms with E-state index in [-0.39, 0.29) is 0 Å². The molecule has 1 aromatic heterocycles. The van der Waals surface area contributed by atoms with E-state index in [1.165, 1.54) is 25.9 Å². The molecule has 0 bridgehead atoms. The van der Waals surface area contributed by atoms with Crippen molar-refractivity contribution in [3.05, 3.63) is 23.0 Å². The summed E-state index contributed by atoms with van der Waals surface area (Å²) in [6, 6.07) is 4.46. The number of rotatable bonds is 3. The van der Waals surface area contributed by atoms with Gasteiger partial charge < -0.3 is 4.90 Å². The fraction of sp³-hybridized carbons (Fsp3) is 0.692. The van der Waals surface area contributed by atoms with Crippen LogP contribution in [0.5, 0.6) is 0 Å². The highest BCUT2D eigenvalue weighted by atomic mass is 35.5. The maximum absolute atomic E-state index is 5.74. The Kier molecular flexibility index (Phi) is 4.35. The maximum atomic E-state index is 5.74. The zero-order valence-corrected chi connectivity index (χ0v) is 11.3. The van der Waals surface area contributed by atoms with Crippen LogP contribution in [-0.2, 0) is 6.42 Å². The number of likely N-dealkylation sites (tertiary alicyclic amines) is 1. The normalized spacial score (nSPS) is 22.0. The molecule has 1 saturated heterocycles. The van der Waals surface area contributed by atoms with Gasteiger partial charge in [-0.3, -0.25) is 0 Å². The molecule has 94 valence electrons. The van der Waals surface area contributed by atoms with Gasteiger partial charge in [-0.2, -0.15) is 5.10 Å². The molecular weight excluding hydrogens is 234 g/mol. The van der Waals surface area contributed by atoms with Gasteiger partial charge in [-0.15, -0.1) is 5.10 Å². The van der Waals surface area contributed by atoms with Crippen molar-refractivity contribution >= 4 is 11.6 Å². The second-order valence-electron chi connectivity index (χ2n) is 5.15. The Balaban J connectivity index is 1.92. The summed E-state index contributed by atoms with van der Waals surface area (Å²) in [4.78, 5) is 2.55. The first-order valence-corrected chi connectivity index (χ1v) is 6.75. The number of nitrogens with zero attached hydrogens (tertiary/aromatic N) is 3.